The van der Waals surface area contributed by atoms with Crippen LogP contribution >= 0.6 is 0 Å². The van der Waals surface area contributed by atoms with Crippen molar-refractivity contribution in [2.75, 3.05) is 7.05 Å². The summed E-state index contributed by atoms with van der Waals surface area (Å²) in [5.41, 5.74) is 2.15. The van der Waals surface area contributed by atoms with Crippen LogP contribution in [0.2, 0.25) is 0 Å². The van der Waals surface area contributed by atoms with E-state index >= 15 is 0 Å². The lowest BCUT2D eigenvalue weighted by Crippen LogP contribution is -2.57. The van der Waals surface area contributed by atoms with Crippen molar-refractivity contribution in [3.05, 3.63) is 17.5 Å². The Labute approximate surface area is 145 Å². The molecular weight excluding hydrogens is 302 g/mol. The molecule has 1 unspecified atom stereocenters. The minimum absolute atomic E-state index is 0.0448. The molecule has 2 fully saturated rings. The summed E-state index contributed by atoms with van der Waals surface area (Å²) in [4.78, 5) is 14.9. The van der Waals surface area contributed by atoms with Gasteiger partial charge >= 0.3 is 6.03 Å². The van der Waals surface area contributed by atoms with Gasteiger partial charge in [-0.25, -0.2) is 4.79 Å². The van der Waals surface area contributed by atoms with Crippen molar-refractivity contribution >= 4 is 6.03 Å². The van der Waals surface area contributed by atoms with Crippen molar-refractivity contribution in [1.29, 1.82) is 0 Å². The summed E-state index contributed by atoms with van der Waals surface area (Å²) >= 11 is 0. The van der Waals surface area contributed by atoms with Crippen LogP contribution in [0.4, 0.5) is 4.79 Å². The molecule has 2 saturated heterocycles. The number of aromatic nitrogens is 2. The van der Waals surface area contributed by atoms with Gasteiger partial charge in [0.1, 0.15) is 0 Å². The van der Waals surface area contributed by atoms with E-state index in [2.05, 4.69) is 33.7 Å². The maximum atomic E-state index is 12.3. The molecule has 3 heterocycles. The van der Waals surface area contributed by atoms with Crippen LogP contribution in [0, 0.1) is 13.8 Å². The second kappa shape index (κ2) is 7.13. The Balaban J connectivity index is 1.48. The Morgan fingerprint density at radius 2 is 2.00 bits per heavy atom. The monoisotopic (exact) mass is 333 g/mol. The fraction of sp³-hybridized carbons (Fsp3) is 0.778. The van der Waals surface area contributed by atoms with Crippen LogP contribution < -0.4 is 10.6 Å². The zero-order chi connectivity index (χ0) is 17.3. The van der Waals surface area contributed by atoms with Crippen molar-refractivity contribution in [2.45, 2.75) is 83.6 Å². The Hall–Kier alpha value is -1.56. The second-order valence-corrected chi connectivity index (χ2v) is 7.70. The van der Waals surface area contributed by atoms with E-state index in [1.54, 1.807) is 0 Å². The average Bonchev–Trinajstić information content (AvgIpc) is 2.77. The standard InChI is InChI=1S/C18H31N5O/c1-12-8-14(3)23(21-12)11-13(2)19-18(24)20-15-9-16-6-5-7-17(10-15)22(16)4/h8,13,15-17H,5-7,9-11H2,1-4H3,(H2,19,20,24)/t13-,15?,16-,17+/m0/s1. The van der Waals surface area contributed by atoms with Crippen molar-refractivity contribution in [3.8, 4) is 0 Å². The molecule has 0 radical (unpaired) electrons. The van der Waals surface area contributed by atoms with E-state index in [4.69, 9.17) is 0 Å². The van der Waals surface area contributed by atoms with Gasteiger partial charge in [0.15, 0.2) is 0 Å². The predicted molar refractivity (Wildman–Crippen MR) is 95.0 cm³/mol. The molecule has 2 aliphatic rings. The van der Waals surface area contributed by atoms with Crippen molar-refractivity contribution in [2.24, 2.45) is 0 Å². The van der Waals surface area contributed by atoms with E-state index in [-0.39, 0.29) is 12.1 Å². The first-order valence-electron chi connectivity index (χ1n) is 9.22. The maximum Gasteiger partial charge on any atom is 0.315 e. The van der Waals surface area contributed by atoms with Gasteiger partial charge in [0, 0.05) is 29.9 Å². The summed E-state index contributed by atoms with van der Waals surface area (Å²) in [7, 11) is 2.24. The van der Waals surface area contributed by atoms with Gasteiger partial charge in [0.05, 0.1) is 12.2 Å². The highest BCUT2D eigenvalue weighted by Crippen LogP contribution is 2.32. The van der Waals surface area contributed by atoms with Crippen molar-refractivity contribution in [3.63, 3.8) is 0 Å². The molecule has 2 N–H and O–H groups in total. The third-order valence-corrected chi connectivity index (χ3v) is 5.60. The van der Waals surface area contributed by atoms with E-state index in [0.29, 0.717) is 24.7 Å². The molecule has 2 bridgehead atoms. The Morgan fingerprint density at radius 3 is 2.58 bits per heavy atom. The number of fused-ring (bicyclic) bond motifs is 2. The first-order chi connectivity index (χ1) is 11.4. The van der Waals surface area contributed by atoms with E-state index in [0.717, 1.165) is 24.2 Å². The number of carbonyl (C=O) groups excluding carboxylic acids is 1. The van der Waals surface area contributed by atoms with Crippen LogP contribution in [0.15, 0.2) is 6.07 Å². The molecule has 0 aliphatic carbocycles. The number of hydrogen-bond acceptors (Lipinski definition) is 3. The summed E-state index contributed by atoms with van der Waals surface area (Å²) in [6.45, 7) is 6.76. The highest BCUT2D eigenvalue weighted by Gasteiger charge is 2.36. The molecule has 4 atom stereocenters. The number of aryl methyl sites for hydroxylation is 2. The minimum Gasteiger partial charge on any atom is -0.335 e. The first kappa shape index (κ1) is 17.3. The lowest BCUT2D eigenvalue weighted by molar-refractivity contribution is 0.0508. The van der Waals surface area contributed by atoms with Gasteiger partial charge in [-0.3, -0.25) is 4.68 Å². The first-order valence-corrected chi connectivity index (χ1v) is 9.22. The van der Waals surface area contributed by atoms with Crippen LogP contribution in [-0.4, -0.2) is 51.9 Å². The van der Waals surface area contributed by atoms with E-state index in [1.807, 2.05) is 25.5 Å². The van der Waals surface area contributed by atoms with Gasteiger partial charge in [-0.15, -0.1) is 0 Å². The van der Waals surface area contributed by atoms with Crippen LogP contribution in [0.3, 0.4) is 0 Å². The lowest BCUT2D eigenvalue weighted by Gasteiger charge is -2.47. The number of nitrogens with zero attached hydrogens (tertiary/aromatic N) is 3. The molecule has 1 aromatic rings. The molecule has 1 aromatic heterocycles. The smallest absolute Gasteiger partial charge is 0.315 e. The number of carbonyl (C=O) groups is 1. The van der Waals surface area contributed by atoms with E-state index in [9.17, 15) is 4.79 Å². The third kappa shape index (κ3) is 3.91. The number of rotatable bonds is 4. The number of piperidine rings is 2. The summed E-state index contributed by atoms with van der Waals surface area (Å²) in [5, 5.41) is 10.7. The molecule has 6 nitrogen and oxygen atoms in total. The number of hydrogen-bond donors (Lipinski definition) is 2. The topological polar surface area (TPSA) is 62.2 Å². The lowest BCUT2D eigenvalue weighted by atomic mass is 9.82. The summed E-state index contributed by atoms with van der Waals surface area (Å²) in [6.07, 6.45) is 6.01. The van der Waals surface area contributed by atoms with Gasteiger partial charge in [0.2, 0.25) is 0 Å². The Morgan fingerprint density at radius 1 is 1.33 bits per heavy atom. The van der Waals surface area contributed by atoms with Gasteiger partial charge in [-0.1, -0.05) is 6.42 Å². The highest BCUT2D eigenvalue weighted by atomic mass is 16.2. The molecule has 6 heteroatoms. The molecule has 2 amide bonds. The van der Waals surface area contributed by atoms with Gasteiger partial charge < -0.3 is 15.5 Å². The normalized spacial score (nSPS) is 28.4. The van der Waals surface area contributed by atoms with Gasteiger partial charge in [-0.05, 0) is 59.6 Å². The number of urea groups is 1. The summed E-state index contributed by atoms with van der Waals surface area (Å²) < 4.78 is 1.96. The van der Waals surface area contributed by atoms with Crippen LogP contribution in [0.25, 0.3) is 0 Å². The molecule has 24 heavy (non-hydrogen) atoms. The number of nitrogens with one attached hydrogen (secondary N) is 2. The largest absolute Gasteiger partial charge is 0.335 e. The SMILES string of the molecule is Cc1cc(C)n(C[C@H](C)NC(=O)NC2C[C@H]3CCC[C@@H](C2)N3C)n1. The van der Waals surface area contributed by atoms with E-state index in [1.165, 1.54) is 19.3 Å². The van der Waals surface area contributed by atoms with Gasteiger partial charge in [-0.2, -0.15) is 5.10 Å². The summed E-state index contributed by atoms with van der Waals surface area (Å²) in [5.74, 6) is 0. The molecule has 134 valence electrons. The average molecular weight is 333 g/mol. The van der Waals surface area contributed by atoms with E-state index < -0.39 is 0 Å². The molecule has 0 saturated carbocycles. The van der Waals surface area contributed by atoms with Crippen molar-refractivity contribution < 1.29 is 4.79 Å². The highest BCUT2D eigenvalue weighted by molar-refractivity contribution is 5.74. The molecular formula is C18H31N5O. The minimum atomic E-state index is -0.0448. The maximum absolute atomic E-state index is 12.3. The molecule has 0 aromatic carbocycles. The van der Waals surface area contributed by atoms with Crippen LogP contribution in [0.5, 0.6) is 0 Å². The summed E-state index contributed by atoms with van der Waals surface area (Å²) in [6, 6.07) is 3.64. The Kier molecular flexibility index (Phi) is 5.13. The van der Waals surface area contributed by atoms with Crippen LogP contribution in [-0.2, 0) is 6.54 Å². The number of amides is 2. The zero-order valence-corrected chi connectivity index (χ0v) is 15.4. The molecule has 2 aliphatic heterocycles. The second-order valence-electron chi connectivity index (χ2n) is 7.70. The molecule has 0 spiro atoms. The van der Waals surface area contributed by atoms with Gasteiger partial charge in [0.25, 0.3) is 0 Å². The fourth-order valence-corrected chi connectivity index (χ4v) is 4.35. The quantitative estimate of drug-likeness (QED) is 0.888. The zero-order valence-electron chi connectivity index (χ0n) is 15.4. The Bertz CT molecular complexity index is 570. The predicted octanol–water partition coefficient (Wildman–Crippen LogP) is 2.20. The third-order valence-electron chi connectivity index (χ3n) is 5.60. The fourth-order valence-electron chi connectivity index (χ4n) is 4.35. The van der Waals surface area contributed by atoms with Crippen molar-refractivity contribution in [1.82, 2.24) is 25.3 Å². The van der Waals surface area contributed by atoms with Crippen LogP contribution in [0.1, 0.15) is 50.4 Å². The molecule has 3 rings (SSSR count).